The second kappa shape index (κ2) is 7.97. The molecule has 0 fully saturated rings. The van der Waals surface area contributed by atoms with Crippen LogP contribution in [-0.4, -0.2) is 15.0 Å². The first-order chi connectivity index (χ1) is 5.91. The highest BCUT2D eigenvalue weighted by atomic mass is 79.9. The molecule has 0 radical (unpaired) electrons. The molecule has 0 N–H and O–H groups in total. The summed E-state index contributed by atoms with van der Waals surface area (Å²) >= 11 is 9.77. The van der Waals surface area contributed by atoms with Crippen molar-refractivity contribution in [2.24, 2.45) is 0 Å². The van der Waals surface area contributed by atoms with Gasteiger partial charge in [-0.05, 0) is 20.8 Å². The molecule has 0 aliphatic carbocycles. The molecule has 0 aromatic heterocycles. The Labute approximate surface area is 105 Å². The Kier molecular flexibility index (Phi) is 9.04. The Morgan fingerprint density at radius 1 is 0.769 bits per heavy atom. The van der Waals surface area contributed by atoms with Crippen molar-refractivity contribution in [3.8, 4) is 0 Å². The lowest BCUT2D eigenvalue weighted by atomic mass is 10.9. The van der Waals surface area contributed by atoms with Crippen LogP contribution in [0.4, 0.5) is 0 Å². The van der Waals surface area contributed by atoms with E-state index in [0.717, 1.165) is 0 Å². The average molecular weight is 403 g/mol. The van der Waals surface area contributed by atoms with Gasteiger partial charge < -0.3 is 0 Å². The van der Waals surface area contributed by atoms with Crippen molar-refractivity contribution in [1.29, 1.82) is 0 Å². The predicted molar refractivity (Wildman–Crippen MR) is 65.3 cm³/mol. The zero-order valence-electron chi connectivity index (χ0n) is 7.54. The van der Waals surface area contributed by atoms with Gasteiger partial charge in [-0.2, -0.15) is 0 Å². The van der Waals surface area contributed by atoms with Gasteiger partial charge in [0.15, 0.2) is 0 Å². The van der Waals surface area contributed by atoms with Crippen molar-refractivity contribution in [2.75, 3.05) is 0 Å². The molecule has 0 saturated heterocycles. The Hall–Kier alpha value is 1.75. The molecule has 13 heavy (non-hydrogen) atoms. The van der Waals surface area contributed by atoms with Crippen LogP contribution in [0.2, 0.25) is 0 Å². The van der Waals surface area contributed by atoms with Gasteiger partial charge in [-0.1, -0.05) is 47.8 Å². The Morgan fingerprint density at radius 2 is 1.00 bits per heavy atom. The Morgan fingerprint density at radius 3 is 1.15 bits per heavy atom. The van der Waals surface area contributed by atoms with E-state index in [2.05, 4.69) is 47.8 Å². The summed E-state index contributed by atoms with van der Waals surface area (Å²) in [6, 6.07) is 0. The van der Waals surface area contributed by atoms with Crippen LogP contribution >= 0.6 is 56.4 Å². The van der Waals surface area contributed by atoms with Crippen LogP contribution in [0.25, 0.3) is 0 Å². The Bertz CT molecular complexity index is 111. The van der Waals surface area contributed by atoms with Gasteiger partial charge >= 0.3 is 8.60 Å². The lowest BCUT2D eigenvalue weighted by Gasteiger charge is -2.20. The van der Waals surface area contributed by atoms with Gasteiger partial charge in [-0.25, -0.2) is 0 Å². The summed E-state index contributed by atoms with van der Waals surface area (Å²) in [6.45, 7) is 5.58. The van der Waals surface area contributed by atoms with Crippen LogP contribution in [-0.2, 0) is 13.6 Å². The minimum absolute atomic E-state index is 0.0869. The van der Waals surface area contributed by atoms with Gasteiger partial charge in [0.2, 0.25) is 0 Å². The van der Waals surface area contributed by atoms with Crippen LogP contribution in [0.5, 0.6) is 0 Å². The summed E-state index contributed by atoms with van der Waals surface area (Å²) < 4.78 is 16.0. The highest BCUT2D eigenvalue weighted by Gasteiger charge is 2.19. The normalized spacial score (nSPS) is 20.8. The number of hydrogen-bond acceptors (Lipinski definition) is 3. The molecule has 3 unspecified atom stereocenters. The van der Waals surface area contributed by atoms with Gasteiger partial charge in [0.25, 0.3) is 0 Å². The molecule has 0 aromatic carbocycles. The van der Waals surface area contributed by atoms with E-state index >= 15 is 0 Å². The molecule has 0 rings (SSSR count). The van der Waals surface area contributed by atoms with E-state index in [9.17, 15) is 0 Å². The molecule has 0 saturated carbocycles. The van der Waals surface area contributed by atoms with Crippen molar-refractivity contribution in [2.45, 2.75) is 35.8 Å². The molecule has 0 spiro atoms. The minimum Gasteiger partial charge on any atom is -0.298 e. The largest absolute Gasteiger partial charge is 0.336 e. The lowest BCUT2D eigenvalue weighted by Crippen LogP contribution is -2.05. The van der Waals surface area contributed by atoms with Crippen LogP contribution < -0.4 is 0 Å². The van der Waals surface area contributed by atoms with Gasteiger partial charge in [0.05, 0.1) is 0 Å². The molecule has 7 heteroatoms. The van der Waals surface area contributed by atoms with Gasteiger partial charge in [0.1, 0.15) is 15.0 Å². The summed E-state index contributed by atoms with van der Waals surface area (Å²) in [4.78, 5) is 0. The topological polar surface area (TPSA) is 27.7 Å². The highest BCUT2D eigenvalue weighted by molar-refractivity contribution is 9.10. The van der Waals surface area contributed by atoms with E-state index in [4.69, 9.17) is 13.6 Å². The predicted octanol–water partition coefficient (Wildman–Crippen LogP) is 4.49. The smallest absolute Gasteiger partial charge is 0.298 e. The van der Waals surface area contributed by atoms with E-state index < -0.39 is 8.60 Å². The van der Waals surface area contributed by atoms with E-state index in [1.165, 1.54) is 0 Å². The van der Waals surface area contributed by atoms with Crippen molar-refractivity contribution in [3.63, 3.8) is 0 Å². The molecule has 0 heterocycles. The lowest BCUT2D eigenvalue weighted by molar-refractivity contribution is 0.153. The standard InChI is InChI=1S/C6H12Br3O3P/c1-4(7)10-13(11-5(2)8)12-6(3)9/h4-6H,1-3H3. The first kappa shape index (κ1) is 14.8. The summed E-state index contributed by atoms with van der Waals surface area (Å²) in [7, 11) is -1.32. The van der Waals surface area contributed by atoms with E-state index in [1.54, 1.807) is 0 Å². The molecular weight excluding hydrogens is 391 g/mol. The monoisotopic (exact) mass is 400 g/mol. The van der Waals surface area contributed by atoms with Crippen molar-refractivity contribution in [3.05, 3.63) is 0 Å². The van der Waals surface area contributed by atoms with Crippen molar-refractivity contribution < 1.29 is 13.6 Å². The maximum absolute atomic E-state index is 5.35. The summed E-state index contributed by atoms with van der Waals surface area (Å²) in [5.41, 5.74) is 0. The van der Waals surface area contributed by atoms with Gasteiger partial charge in [-0.3, -0.25) is 13.6 Å². The molecular formula is C6H12Br3O3P. The quantitative estimate of drug-likeness (QED) is 0.484. The van der Waals surface area contributed by atoms with Crippen LogP contribution in [0.15, 0.2) is 0 Å². The zero-order valence-corrected chi connectivity index (χ0v) is 13.2. The molecule has 0 aromatic rings. The van der Waals surface area contributed by atoms with E-state index in [0.29, 0.717) is 0 Å². The van der Waals surface area contributed by atoms with Crippen molar-refractivity contribution in [1.82, 2.24) is 0 Å². The molecule has 0 amide bonds. The van der Waals surface area contributed by atoms with Crippen molar-refractivity contribution >= 4 is 56.4 Å². The number of hydrogen-bond donors (Lipinski definition) is 0. The molecule has 0 aliphatic heterocycles. The highest BCUT2D eigenvalue weighted by Crippen LogP contribution is 2.45. The third-order valence-corrected chi connectivity index (χ3v) is 3.59. The first-order valence-corrected chi connectivity index (χ1v) is 7.48. The Balaban J connectivity index is 3.87. The number of rotatable bonds is 6. The fourth-order valence-corrected chi connectivity index (χ4v) is 2.52. The number of alkyl halides is 3. The summed E-state index contributed by atoms with van der Waals surface area (Å²) in [6.07, 6.45) is 0. The SMILES string of the molecule is CC(Br)OP(OC(C)Br)OC(C)Br. The van der Waals surface area contributed by atoms with Gasteiger partial charge in [-0.15, -0.1) is 0 Å². The third kappa shape index (κ3) is 10.0. The molecule has 3 nitrogen and oxygen atoms in total. The maximum Gasteiger partial charge on any atom is 0.336 e. The average Bonchev–Trinajstić information content (AvgIpc) is 1.80. The second-order valence-electron chi connectivity index (χ2n) is 2.17. The molecule has 0 bridgehead atoms. The summed E-state index contributed by atoms with van der Waals surface area (Å²) in [5, 5.41) is -0.261. The molecule has 80 valence electrons. The minimum atomic E-state index is -1.32. The molecule has 0 aliphatic rings. The van der Waals surface area contributed by atoms with Crippen LogP contribution in [0.1, 0.15) is 20.8 Å². The van der Waals surface area contributed by atoms with E-state index in [1.807, 2.05) is 20.8 Å². The molecule has 3 atom stereocenters. The fourth-order valence-electron chi connectivity index (χ4n) is 0.430. The maximum atomic E-state index is 5.35. The van der Waals surface area contributed by atoms with Crippen LogP contribution in [0.3, 0.4) is 0 Å². The van der Waals surface area contributed by atoms with Gasteiger partial charge in [0, 0.05) is 0 Å². The summed E-state index contributed by atoms with van der Waals surface area (Å²) in [5.74, 6) is 0. The zero-order chi connectivity index (χ0) is 10.4. The van der Waals surface area contributed by atoms with E-state index in [-0.39, 0.29) is 15.0 Å². The van der Waals surface area contributed by atoms with Crippen LogP contribution in [0, 0.1) is 0 Å². The number of halogens is 3. The fraction of sp³-hybridized carbons (Fsp3) is 1.00. The first-order valence-electron chi connectivity index (χ1n) is 3.64. The third-order valence-electron chi connectivity index (χ3n) is 0.694. The second-order valence-corrected chi connectivity index (χ2v) is 7.12.